The van der Waals surface area contributed by atoms with Gasteiger partial charge in [0.15, 0.2) is 0 Å². The Kier molecular flexibility index (Phi) is 7.42. The van der Waals surface area contributed by atoms with Crippen molar-refractivity contribution in [1.82, 2.24) is 25.1 Å². The summed E-state index contributed by atoms with van der Waals surface area (Å²) in [7, 11) is 0. The lowest BCUT2D eigenvalue weighted by Gasteiger charge is -2.19. The van der Waals surface area contributed by atoms with Gasteiger partial charge < -0.3 is 14.3 Å². The van der Waals surface area contributed by atoms with Gasteiger partial charge in [0.05, 0.1) is 12.4 Å². The molecule has 1 N–H and O–H groups in total. The maximum atomic E-state index is 12.7. The van der Waals surface area contributed by atoms with Gasteiger partial charge in [-0.25, -0.2) is 4.98 Å². The van der Waals surface area contributed by atoms with E-state index in [1.807, 2.05) is 59.3 Å². The van der Waals surface area contributed by atoms with Gasteiger partial charge in [-0.05, 0) is 24.0 Å². The molecule has 0 spiro atoms. The Morgan fingerprint density at radius 1 is 0.938 bits per heavy atom. The second kappa shape index (κ2) is 11.0. The highest BCUT2D eigenvalue weighted by Gasteiger charge is 2.16. The SMILES string of the molecule is O=C(CCc1nnc(CCc2ccccc2)o1)NC(CCn1ccnc1)c1ccccc1. The quantitative estimate of drug-likeness (QED) is 0.390. The molecule has 0 saturated carbocycles. The van der Waals surface area contributed by atoms with Gasteiger partial charge in [0.2, 0.25) is 17.7 Å². The van der Waals surface area contributed by atoms with Crippen LogP contribution in [0.3, 0.4) is 0 Å². The molecule has 0 fully saturated rings. The minimum atomic E-state index is -0.0739. The van der Waals surface area contributed by atoms with Crippen LogP contribution in [0.5, 0.6) is 0 Å². The number of hydrogen-bond donors (Lipinski definition) is 1. The van der Waals surface area contributed by atoms with Crippen LogP contribution in [-0.2, 0) is 30.6 Å². The lowest BCUT2D eigenvalue weighted by atomic mass is 10.0. The molecule has 2 aromatic heterocycles. The summed E-state index contributed by atoms with van der Waals surface area (Å²) in [6.07, 6.45) is 8.50. The Morgan fingerprint density at radius 3 is 2.38 bits per heavy atom. The zero-order valence-electron chi connectivity index (χ0n) is 17.9. The summed E-state index contributed by atoms with van der Waals surface area (Å²) in [6.45, 7) is 0.772. The number of hydrogen-bond acceptors (Lipinski definition) is 5. The van der Waals surface area contributed by atoms with E-state index in [-0.39, 0.29) is 11.9 Å². The van der Waals surface area contributed by atoms with E-state index < -0.39 is 0 Å². The average molecular weight is 430 g/mol. The first-order valence-electron chi connectivity index (χ1n) is 10.9. The number of rotatable bonds is 11. The summed E-state index contributed by atoms with van der Waals surface area (Å²) in [5.41, 5.74) is 2.32. The number of carbonyl (C=O) groups is 1. The molecule has 0 radical (unpaired) electrons. The molecule has 0 aliphatic rings. The summed E-state index contributed by atoms with van der Waals surface area (Å²) >= 11 is 0. The highest BCUT2D eigenvalue weighted by atomic mass is 16.4. The maximum Gasteiger partial charge on any atom is 0.220 e. The van der Waals surface area contributed by atoms with Gasteiger partial charge in [0.25, 0.3) is 0 Å². The Labute approximate surface area is 187 Å². The summed E-state index contributed by atoms with van der Waals surface area (Å²) in [5.74, 6) is 1.07. The monoisotopic (exact) mass is 429 g/mol. The molecule has 2 heterocycles. The van der Waals surface area contributed by atoms with Gasteiger partial charge in [-0.1, -0.05) is 60.7 Å². The van der Waals surface area contributed by atoms with E-state index in [1.165, 1.54) is 5.56 Å². The van der Waals surface area contributed by atoms with Crippen LogP contribution in [0.2, 0.25) is 0 Å². The molecular formula is C25H27N5O2. The van der Waals surface area contributed by atoms with Crippen LogP contribution in [0.1, 0.15) is 41.8 Å². The second-order valence-corrected chi connectivity index (χ2v) is 7.70. The first kappa shape index (κ1) is 21.5. The number of imidazole rings is 1. The van der Waals surface area contributed by atoms with E-state index in [0.29, 0.717) is 31.0 Å². The van der Waals surface area contributed by atoms with Gasteiger partial charge in [-0.15, -0.1) is 10.2 Å². The summed E-state index contributed by atoms with van der Waals surface area (Å²) in [6, 6.07) is 20.2. The van der Waals surface area contributed by atoms with E-state index in [0.717, 1.165) is 24.9 Å². The predicted octanol–water partition coefficient (Wildman–Crippen LogP) is 3.93. The second-order valence-electron chi connectivity index (χ2n) is 7.70. The minimum absolute atomic E-state index is 0.0338. The third kappa shape index (κ3) is 6.38. The van der Waals surface area contributed by atoms with Crippen molar-refractivity contribution >= 4 is 5.91 Å². The topological polar surface area (TPSA) is 85.8 Å². The van der Waals surface area contributed by atoms with Crippen molar-refractivity contribution in [2.45, 2.75) is 44.7 Å². The minimum Gasteiger partial charge on any atom is -0.425 e. The van der Waals surface area contributed by atoms with Crippen molar-refractivity contribution in [3.05, 3.63) is 102 Å². The molecule has 4 aromatic rings. The van der Waals surface area contributed by atoms with Crippen LogP contribution in [0.15, 0.2) is 83.8 Å². The Bertz CT molecular complexity index is 1080. The van der Waals surface area contributed by atoms with E-state index in [1.54, 1.807) is 12.5 Å². The van der Waals surface area contributed by atoms with E-state index in [2.05, 4.69) is 32.6 Å². The average Bonchev–Trinajstić information content (AvgIpc) is 3.52. The summed E-state index contributed by atoms with van der Waals surface area (Å²) in [5, 5.41) is 11.4. The number of amides is 1. The number of nitrogens with zero attached hydrogens (tertiary/aromatic N) is 4. The Morgan fingerprint density at radius 2 is 1.66 bits per heavy atom. The smallest absolute Gasteiger partial charge is 0.220 e. The third-order valence-corrected chi connectivity index (χ3v) is 5.32. The lowest BCUT2D eigenvalue weighted by Crippen LogP contribution is -2.29. The van der Waals surface area contributed by atoms with Crippen molar-refractivity contribution in [3.63, 3.8) is 0 Å². The van der Waals surface area contributed by atoms with Crippen LogP contribution in [0.4, 0.5) is 0 Å². The normalized spacial score (nSPS) is 11.9. The maximum absolute atomic E-state index is 12.7. The fourth-order valence-corrected chi connectivity index (χ4v) is 3.58. The number of benzene rings is 2. The van der Waals surface area contributed by atoms with Crippen LogP contribution in [0.25, 0.3) is 0 Å². The number of carbonyl (C=O) groups excluding carboxylic acids is 1. The van der Waals surface area contributed by atoms with Gasteiger partial charge in [0.1, 0.15) is 0 Å². The molecule has 2 aromatic carbocycles. The lowest BCUT2D eigenvalue weighted by molar-refractivity contribution is -0.122. The molecular weight excluding hydrogens is 402 g/mol. The van der Waals surface area contributed by atoms with E-state index in [9.17, 15) is 4.79 Å². The van der Waals surface area contributed by atoms with E-state index in [4.69, 9.17) is 4.42 Å². The van der Waals surface area contributed by atoms with Crippen LogP contribution in [0, 0.1) is 0 Å². The van der Waals surface area contributed by atoms with Gasteiger partial charge >= 0.3 is 0 Å². The molecule has 32 heavy (non-hydrogen) atoms. The molecule has 7 heteroatoms. The van der Waals surface area contributed by atoms with Crippen molar-refractivity contribution < 1.29 is 9.21 Å². The highest BCUT2D eigenvalue weighted by Crippen LogP contribution is 2.18. The van der Waals surface area contributed by atoms with Crippen molar-refractivity contribution in [2.24, 2.45) is 0 Å². The Balaban J connectivity index is 1.28. The van der Waals surface area contributed by atoms with Crippen LogP contribution >= 0.6 is 0 Å². The van der Waals surface area contributed by atoms with Crippen molar-refractivity contribution in [3.8, 4) is 0 Å². The van der Waals surface area contributed by atoms with Crippen LogP contribution < -0.4 is 5.32 Å². The first-order valence-corrected chi connectivity index (χ1v) is 10.9. The molecule has 4 rings (SSSR count). The molecule has 0 aliphatic heterocycles. The van der Waals surface area contributed by atoms with Gasteiger partial charge in [0, 0.05) is 38.2 Å². The molecule has 164 valence electrons. The van der Waals surface area contributed by atoms with E-state index >= 15 is 0 Å². The molecule has 1 atom stereocenters. The zero-order valence-corrected chi connectivity index (χ0v) is 17.9. The Hall–Kier alpha value is -3.74. The third-order valence-electron chi connectivity index (χ3n) is 5.32. The standard InChI is InChI=1S/C25H27N5O2/c31-23(12-14-25-29-28-24(32-25)13-11-20-7-3-1-4-8-20)27-22(21-9-5-2-6-10-21)15-17-30-18-16-26-19-30/h1-10,16,18-19,22H,11-15,17H2,(H,27,31). The molecule has 0 bridgehead atoms. The van der Waals surface area contributed by atoms with Crippen LogP contribution in [-0.4, -0.2) is 25.7 Å². The zero-order chi connectivity index (χ0) is 22.0. The molecule has 1 amide bonds. The van der Waals surface area contributed by atoms with Crippen molar-refractivity contribution in [2.75, 3.05) is 0 Å². The molecule has 0 saturated heterocycles. The van der Waals surface area contributed by atoms with Crippen molar-refractivity contribution in [1.29, 1.82) is 0 Å². The van der Waals surface area contributed by atoms with Gasteiger partial charge in [-0.2, -0.15) is 0 Å². The fraction of sp³-hybridized carbons (Fsp3) is 0.280. The molecule has 0 aliphatic carbocycles. The first-order chi connectivity index (χ1) is 15.8. The van der Waals surface area contributed by atoms with Gasteiger partial charge in [-0.3, -0.25) is 4.79 Å². The summed E-state index contributed by atoms with van der Waals surface area (Å²) in [4.78, 5) is 16.7. The summed E-state index contributed by atoms with van der Waals surface area (Å²) < 4.78 is 7.74. The number of aryl methyl sites for hydroxylation is 4. The number of nitrogens with one attached hydrogen (secondary N) is 1. The fourth-order valence-electron chi connectivity index (χ4n) is 3.58. The predicted molar refractivity (Wildman–Crippen MR) is 121 cm³/mol. The highest BCUT2D eigenvalue weighted by molar-refractivity contribution is 5.76. The molecule has 1 unspecified atom stereocenters. The molecule has 7 nitrogen and oxygen atoms in total. The number of aromatic nitrogens is 4. The largest absolute Gasteiger partial charge is 0.425 e.